The van der Waals surface area contributed by atoms with E-state index in [0.29, 0.717) is 11.9 Å². The van der Waals surface area contributed by atoms with Crippen LogP contribution in [0.5, 0.6) is 0 Å². The number of rotatable bonds is 4. The molecule has 1 aromatic rings. The molecule has 5 nitrogen and oxygen atoms in total. The second kappa shape index (κ2) is 6.00. The maximum Gasteiger partial charge on any atom is 0.318 e. The molecule has 1 fully saturated rings. The number of hydrogen-bond donors (Lipinski definition) is 1. The average molecular weight is 238 g/mol. The summed E-state index contributed by atoms with van der Waals surface area (Å²) in [5.74, 6) is 0.686. The molecule has 2 heterocycles. The average Bonchev–Trinajstić information content (AvgIpc) is 2.66. The van der Waals surface area contributed by atoms with Crippen molar-refractivity contribution < 1.29 is 4.42 Å². The fourth-order valence-electron chi connectivity index (χ4n) is 2.18. The van der Waals surface area contributed by atoms with Gasteiger partial charge >= 0.3 is 6.01 Å². The molecule has 1 N–H and O–H groups in total. The molecule has 0 aromatic carbocycles. The highest BCUT2D eigenvalue weighted by Gasteiger charge is 2.18. The molecule has 1 atom stereocenters. The van der Waals surface area contributed by atoms with Gasteiger partial charge in [0.05, 0.1) is 6.04 Å². The summed E-state index contributed by atoms with van der Waals surface area (Å²) in [6.07, 6.45) is 5.07. The Labute approximate surface area is 103 Å². The maximum absolute atomic E-state index is 5.73. The Bertz CT molecular complexity index is 331. The minimum absolute atomic E-state index is 0.133. The third-order valence-electron chi connectivity index (χ3n) is 3.19. The molecule has 96 valence electrons. The van der Waals surface area contributed by atoms with Gasteiger partial charge in [-0.15, -0.1) is 5.10 Å². The van der Waals surface area contributed by atoms with Crippen molar-refractivity contribution in [1.82, 2.24) is 15.5 Å². The zero-order valence-electron chi connectivity index (χ0n) is 10.8. The van der Waals surface area contributed by atoms with E-state index in [-0.39, 0.29) is 6.04 Å². The Hall–Kier alpha value is -1.10. The van der Waals surface area contributed by atoms with Crippen LogP contribution in [-0.4, -0.2) is 29.8 Å². The van der Waals surface area contributed by atoms with E-state index in [1.807, 2.05) is 6.92 Å². The van der Waals surface area contributed by atoms with Gasteiger partial charge in [-0.2, -0.15) is 0 Å². The van der Waals surface area contributed by atoms with E-state index in [1.54, 1.807) is 0 Å². The lowest BCUT2D eigenvalue weighted by Gasteiger charge is -2.16. The first-order valence-corrected chi connectivity index (χ1v) is 6.63. The molecule has 1 aliphatic heterocycles. The fraction of sp³-hybridized carbons (Fsp3) is 0.833. The quantitative estimate of drug-likeness (QED) is 0.870. The zero-order chi connectivity index (χ0) is 12.1. The van der Waals surface area contributed by atoms with E-state index in [9.17, 15) is 0 Å². The summed E-state index contributed by atoms with van der Waals surface area (Å²) in [4.78, 5) is 2.21. The van der Waals surface area contributed by atoms with Crippen molar-refractivity contribution in [2.45, 2.75) is 45.6 Å². The third kappa shape index (κ3) is 3.19. The van der Waals surface area contributed by atoms with Crippen LogP contribution in [-0.2, 0) is 0 Å². The summed E-state index contributed by atoms with van der Waals surface area (Å²) in [6, 6.07) is 0.819. The van der Waals surface area contributed by atoms with Gasteiger partial charge in [0.25, 0.3) is 0 Å². The minimum atomic E-state index is 0.133. The van der Waals surface area contributed by atoms with E-state index in [1.165, 1.54) is 25.7 Å². The monoisotopic (exact) mass is 238 g/mol. The van der Waals surface area contributed by atoms with Crippen LogP contribution in [0.4, 0.5) is 6.01 Å². The molecular formula is C12H22N4O. The molecule has 0 bridgehead atoms. The molecule has 0 aliphatic carbocycles. The topological polar surface area (TPSA) is 54.2 Å². The molecule has 0 spiro atoms. The maximum atomic E-state index is 5.73. The van der Waals surface area contributed by atoms with Crippen molar-refractivity contribution in [2.75, 3.05) is 24.5 Å². The Morgan fingerprint density at radius 1 is 1.24 bits per heavy atom. The normalized spacial score (nSPS) is 19.1. The van der Waals surface area contributed by atoms with E-state index in [4.69, 9.17) is 4.42 Å². The lowest BCUT2D eigenvalue weighted by molar-refractivity contribution is 0.419. The summed E-state index contributed by atoms with van der Waals surface area (Å²) in [5, 5.41) is 11.5. The molecule has 0 saturated carbocycles. The van der Waals surface area contributed by atoms with Crippen LogP contribution < -0.4 is 10.2 Å². The minimum Gasteiger partial charge on any atom is -0.406 e. The SMILES string of the molecule is CCNC(C)c1nnc(N2CCCCCC2)o1. The van der Waals surface area contributed by atoms with Gasteiger partial charge < -0.3 is 14.6 Å². The Kier molecular flexibility index (Phi) is 4.36. The molecule has 1 saturated heterocycles. The van der Waals surface area contributed by atoms with Crippen LogP contribution in [0.3, 0.4) is 0 Å². The van der Waals surface area contributed by atoms with Gasteiger partial charge in [0, 0.05) is 13.1 Å². The van der Waals surface area contributed by atoms with Crippen molar-refractivity contribution in [3.63, 3.8) is 0 Å². The molecule has 2 rings (SSSR count). The summed E-state index contributed by atoms with van der Waals surface area (Å²) in [6.45, 7) is 7.10. The van der Waals surface area contributed by atoms with E-state index in [2.05, 4.69) is 27.3 Å². The van der Waals surface area contributed by atoms with Crippen molar-refractivity contribution >= 4 is 6.01 Å². The highest BCUT2D eigenvalue weighted by atomic mass is 16.4. The first-order chi connectivity index (χ1) is 8.31. The van der Waals surface area contributed by atoms with Crippen LogP contribution >= 0.6 is 0 Å². The Balaban J connectivity index is 2.01. The van der Waals surface area contributed by atoms with Gasteiger partial charge in [0.1, 0.15) is 0 Å². The number of nitrogens with one attached hydrogen (secondary N) is 1. The summed E-state index contributed by atoms with van der Waals surface area (Å²) in [5.41, 5.74) is 0. The van der Waals surface area contributed by atoms with Gasteiger partial charge in [-0.1, -0.05) is 24.9 Å². The summed E-state index contributed by atoms with van der Waals surface area (Å²) >= 11 is 0. The Morgan fingerprint density at radius 3 is 2.59 bits per heavy atom. The summed E-state index contributed by atoms with van der Waals surface area (Å²) < 4.78 is 5.73. The first kappa shape index (κ1) is 12.4. The number of hydrogen-bond acceptors (Lipinski definition) is 5. The van der Waals surface area contributed by atoms with Gasteiger partial charge in [-0.3, -0.25) is 0 Å². The van der Waals surface area contributed by atoms with Gasteiger partial charge in [-0.05, 0) is 26.3 Å². The second-order valence-electron chi connectivity index (χ2n) is 4.60. The lowest BCUT2D eigenvalue weighted by atomic mass is 10.2. The smallest absolute Gasteiger partial charge is 0.318 e. The van der Waals surface area contributed by atoms with E-state index >= 15 is 0 Å². The highest BCUT2D eigenvalue weighted by Crippen LogP contribution is 2.20. The van der Waals surface area contributed by atoms with E-state index < -0.39 is 0 Å². The van der Waals surface area contributed by atoms with Crippen molar-refractivity contribution in [1.29, 1.82) is 0 Å². The third-order valence-corrected chi connectivity index (χ3v) is 3.19. The second-order valence-corrected chi connectivity index (χ2v) is 4.60. The highest BCUT2D eigenvalue weighted by molar-refractivity contribution is 5.24. The molecular weight excluding hydrogens is 216 g/mol. The largest absolute Gasteiger partial charge is 0.406 e. The predicted octanol–water partition coefficient (Wildman–Crippen LogP) is 2.12. The molecule has 1 aromatic heterocycles. The van der Waals surface area contributed by atoms with Gasteiger partial charge in [0.15, 0.2) is 0 Å². The molecule has 0 amide bonds. The van der Waals surface area contributed by atoms with Crippen LogP contribution in [0.2, 0.25) is 0 Å². The lowest BCUT2D eigenvalue weighted by Crippen LogP contribution is -2.24. The number of anilines is 1. The molecule has 1 unspecified atom stereocenters. The number of aromatic nitrogens is 2. The van der Waals surface area contributed by atoms with Crippen molar-refractivity contribution in [3.05, 3.63) is 5.89 Å². The van der Waals surface area contributed by atoms with Crippen LogP contribution in [0.15, 0.2) is 4.42 Å². The summed E-state index contributed by atoms with van der Waals surface area (Å²) in [7, 11) is 0. The van der Waals surface area contributed by atoms with Crippen LogP contribution in [0.1, 0.15) is 51.5 Å². The fourth-order valence-corrected chi connectivity index (χ4v) is 2.18. The van der Waals surface area contributed by atoms with Crippen molar-refractivity contribution in [2.24, 2.45) is 0 Å². The predicted molar refractivity (Wildman–Crippen MR) is 67.1 cm³/mol. The number of nitrogens with zero attached hydrogens (tertiary/aromatic N) is 3. The first-order valence-electron chi connectivity index (χ1n) is 6.63. The zero-order valence-corrected chi connectivity index (χ0v) is 10.8. The van der Waals surface area contributed by atoms with Crippen molar-refractivity contribution in [3.8, 4) is 0 Å². The Morgan fingerprint density at radius 2 is 1.94 bits per heavy atom. The van der Waals surface area contributed by atoms with Crippen LogP contribution in [0, 0.1) is 0 Å². The molecule has 5 heteroatoms. The standard InChI is InChI=1S/C12H22N4O/c1-3-13-10(2)11-14-15-12(17-11)16-8-6-4-5-7-9-16/h10,13H,3-9H2,1-2H3. The molecule has 1 aliphatic rings. The molecule has 17 heavy (non-hydrogen) atoms. The van der Waals surface area contributed by atoms with Gasteiger partial charge in [0.2, 0.25) is 5.89 Å². The molecule has 0 radical (unpaired) electrons. The van der Waals surface area contributed by atoms with Gasteiger partial charge in [-0.25, -0.2) is 0 Å². The van der Waals surface area contributed by atoms with E-state index in [0.717, 1.165) is 19.6 Å². The van der Waals surface area contributed by atoms with Crippen LogP contribution in [0.25, 0.3) is 0 Å².